The van der Waals surface area contributed by atoms with Crippen LogP contribution < -0.4 is 4.74 Å². The molecular weight excluding hydrogens is 543 g/mol. The monoisotopic (exact) mass is 568 g/mol. The van der Waals surface area contributed by atoms with Gasteiger partial charge in [0.25, 0.3) is 5.91 Å². The number of ether oxygens (including phenoxy) is 2. The lowest BCUT2D eigenvalue weighted by atomic mass is 10.0. The van der Waals surface area contributed by atoms with Gasteiger partial charge in [-0.25, -0.2) is 9.79 Å². The summed E-state index contributed by atoms with van der Waals surface area (Å²) in [5.74, 6) is 0.275. The molecule has 0 unspecified atom stereocenters. The lowest BCUT2D eigenvalue weighted by molar-refractivity contribution is -0.121. The van der Waals surface area contributed by atoms with Crippen LogP contribution in [0.2, 0.25) is 10.0 Å². The minimum absolute atomic E-state index is 0.132. The zero-order valence-corrected chi connectivity index (χ0v) is 23.7. The van der Waals surface area contributed by atoms with Crippen LogP contribution in [0.25, 0.3) is 6.08 Å². The maximum absolute atomic E-state index is 12.9. The Balaban J connectivity index is 1.49. The molecule has 1 aliphatic heterocycles. The number of benzene rings is 3. The van der Waals surface area contributed by atoms with Gasteiger partial charge >= 0.3 is 5.97 Å². The number of amides is 1. The Kier molecular flexibility index (Phi) is 8.82. The van der Waals surface area contributed by atoms with E-state index in [-0.39, 0.29) is 11.9 Å². The summed E-state index contributed by atoms with van der Waals surface area (Å²) >= 11 is 13.4. The minimum atomic E-state index is -0.379. The van der Waals surface area contributed by atoms with E-state index < -0.39 is 0 Å². The number of aliphatic imine (C=N–C) groups is 1. The van der Waals surface area contributed by atoms with Gasteiger partial charge in [0.1, 0.15) is 12.4 Å². The van der Waals surface area contributed by atoms with E-state index in [0.717, 1.165) is 28.0 Å². The summed E-state index contributed by atoms with van der Waals surface area (Å²) < 4.78 is 11.1. The van der Waals surface area contributed by atoms with Crippen LogP contribution in [0.1, 0.15) is 39.5 Å². The van der Waals surface area contributed by atoms with Gasteiger partial charge in [0, 0.05) is 7.05 Å². The predicted octanol–water partition coefficient (Wildman–Crippen LogP) is 7.60. The number of hydrogen-bond donors (Lipinski definition) is 0. The first-order valence-electron chi connectivity index (χ1n) is 11.9. The Hall–Kier alpha value is -3.26. The van der Waals surface area contributed by atoms with E-state index in [1.165, 1.54) is 16.7 Å². The summed E-state index contributed by atoms with van der Waals surface area (Å²) in [7, 11) is 1.69. The van der Waals surface area contributed by atoms with Gasteiger partial charge in [-0.2, -0.15) is 0 Å². The molecular formula is C29H26Cl2N2O4S. The highest BCUT2D eigenvalue weighted by molar-refractivity contribution is 8.18. The van der Waals surface area contributed by atoms with E-state index in [0.29, 0.717) is 44.6 Å². The molecule has 38 heavy (non-hydrogen) atoms. The minimum Gasteiger partial charge on any atom is -0.488 e. The molecule has 1 fully saturated rings. The number of likely N-dealkylation sites (N-methyl/N-ethyl adjacent to an activating group) is 1. The van der Waals surface area contributed by atoms with Crippen molar-refractivity contribution in [2.75, 3.05) is 13.7 Å². The molecule has 9 heteroatoms. The summed E-state index contributed by atoms with van der Waals surface area (Å²) in [6, 6.07) is 16.2. The van der Waals surface area contributed by atoms with Crippen molar-refractivity contribution in [3.05, 3.63) is 97.4 Å². The summed E-state index contributed by atoms with van der Waals surface area (Å²) in [6.45, 7) is 6.38. The van der Waals surface area contributed by atoms with Crippen LogP contribution in [0.5, 0.6) is 5.75 Å². The van der Waals surface area contributed by atoms with Crippen molar-refractivity contribution in [3.8, 4) is 5.75 Å². The van der Waals surface area contributed by atoms with E-state index in [9.17, 15) is 9.59 Å². The number of esters is 1. The first-order valence-corrected chi connectivity index (χ1v) is 13.4. The van der Waals surface area contributed by atoms with Crippen molar-refractivity contribution >= 4 is 63.8 Å². The van der Waals surface area contributed by atoms with Crippen molar-refractivity contribution in [2.24, 2.45) is 4.99 Å². The highest BCUT2D eigenvalue weighted by Crippen LogP contribution is 2.35. The number of rotatable bonds is 7. The van der Waals surface area contributed by atoms with E-state index >= 15 is 0 Å². The molecule has 6 nitrogen and oxygen atoms in total. The van der Waals surface area contributed by atoms with Gasteiger partial charge in [-0.3, -0.25) is 9.69 Å². The normalized spacial score (nSPS) is 15.4. The molecule has 0 aliphatic carbocycles. The maximum Gasteiger partial charge on any atom is 0.338 e. The molecule has 3 aromatic carbocycles. The molecule has 1 heterocycles. The quantitative estimate of drug-likeness (QED) is 0.217. The summed E-state index contributed by atoms with van der Waals surface area (Å²) in [5.41, 5.74) is 4.81. The van der Waals surface area contributed by atoms with Gasteiger partial charge in [0.15, 0.2) is 5.17 Å². The maximum atomic E-state index is 12.9. The van der Waals surface area contributed by atoms with Crippen LogP contribution in [0, 0.1) is 13.8 Å². The van der Waals surface area contributed by atoms with Gasteiger partial charge in [-0.1, -0.05) is 29.3 Å². The second-order valence-corrected chi connectivity index (χ2v) is 10.5. The molecule has 0 radical (unpaired) electrons. The van der Waals surface area contributed by atoms with Crippen LogP contribution in [0.15, 0.2) is 64.5 Å². The highest BCUT2D eigenvalue weighted by Gasteiger charge is 2.30. The van der Waals surface area contributed by atoms with Crippen molar-refractivity contribution in [3.63, 3.8) is 0 Å². The third-order valence-electron chi connectivity index (χ3n) is 5.75. The lowest BCUT2D eigenvalue weighted by Gasteiger charge is -2.14. The number of hydrogen-bond acceptors (Lipinski definition) is 6. The third-order valence-corrected chi connectivity index (χ3v) is 7.55. The molecule has 4 rings (SSSR count). The highest BCUT2D eigenvalue weighted by atomic mass is 35.5. The SMILES string of the molecule is CCOC(=O)c1ccc(N=C2S/C(=C\c3cc(C)c(OCc4ccc(Cl)c(Cl)c4)c(C)c3)C(=O)N2C)cc1. The van der Waals surface area contributed by atoms with Gasteiger partial charge < -0.3 is 9.47 Å². The molecule has 0 saturated carbocycles. The van der Waals surface area contributed by atoms with Crippen LogP contribution in [-0.4, -0.2) is 35.6 Å². The zero-order valence-electron chi connectivity index (χ0n) is 21.4. The van der Waals surface area contributed by atoms with Crippen LogP contribution in [0.4, 0.5) is 5.69 Å². The van der Waals surface area contributed by atoms with E-state index in [1.54, 1.807) is 50.4 Å². The standard InChI is InChI=1S/C29H26Cl2N2O4S/c1-5-36-28(35)21-7-9-22(10-8-21)32-29-33(4)27(34)25(38-29)15-20-12-17(2)26(18(3)13-20)37-16-19-6-11-23(30)24(31)14-19/h6-15H,5,16H2,1-4H3/b25-15-,32-29?. The number of amidine groups is 1. The smallest absolute Gasteiger partial charge is 0.338 e. The first kappa shape index (κ1) is 27.8. The van der Waals surface area contributed by atoms with Crippen molar-refractivity contribution in [2.45, 2.75) is 27.4 Å². The molecule has 0 aromatic heterocycles. The second-order valence-electron chi connectivity index (χ2n) is 8.66. The summed E-state index contributed by atoms with van der Waals surface area (Å²) in [4.78, 5) is 31.5. The van der Waals surface area contributed by atoms with Gasteiger partial charge in [0.2, 0.25) is 0 Å². The second kappa shape index (κ2) is 12.1. The van der Waals surface area contributed by atoms with Crippen molar-refractivity contribution in [1.29, 1.82) is 0 Å². The zero-order chi connectivity index (χ0) is 27.4. The molecule has 1 amide bonds. The fraction of sp³-hybridized carbons (Fsp3) is 0.207. The Bertz CT molecular complexity index is 1430. The molecule has 0 atom stereocenters. The van der Waals surface area contributed by atoms with E-state index in [1.807, 2.05) is 38.1 Å². The average molecular weight is 570 g/mol. The number of aryl methyl sites for hydroxylation is 2. The van der Waals surface area contributed by atoms with E-state index in [4.69, 9.17) is 32.7 Å². The number of carbonyl (C=O) groups is 2. The fourth-order valence-corrected chi connectivity index (χ4v) is 5.19. The summed E-state index contributed by atoms with van der Waals surface area (Å²) in [5, 5.41) is 1.55. The average Bonchev–Trinajstić information content (AvgIpc) is 3.13. The molecule has 0 bridgehead atoms. The predicted molar refractivity (Wildman–Crippen MR) is 155 cm³/mol. The Labute approximate surface area is 236 Å². The fourth-order valence-electron chi connectivity index (χ4n) is 3.88. The number of carbonyl (C=O) groups excluding carboxylic acids is 2. The molecule has 196 valence electrons. The van der Waals surface area contributed by atoms with Gasteiger partial charge in [-0.15, -0.1) is 0 Å². The Morgan fingerprint density at radius 2 is 1.71 bits per heavy atom. The van der Waals surface area contributed by atoms with Crippen molar-refractivity contribution < 1.29 is 19.1 Å². The van der Waals surface area contributed by atoms with Crippen LogP contribution in [0.3, 0.4) is 0 Å². The molecule has 1 aliphatic rings. The topological polar surface area (TPSA) is 68.2 Å². The third kappa shape index (κ3) is 6.41. The van der Waals surface area contributed by atoms with E-state index in [2.05, 4.69) is 4.99 Å². The molecule has 0 spiro atoms. The Morgan fingerprint density at radius 1 is 1.03 bits per heavy atom. The lowest BCUT2D eigenvalue weighted by Crippen LogP contribution is -2.23. The first-order chi connectivity index (χ1) is 18.2. The summed E-state index contributed by atoms with van der Waals surface area (Å²) in [6.07, 6.45) is 1.86. The molecule has 0 N–H and O–H groups in total. The largest absolute Gasteiger partial charge is 0.488 e. The van der Waals surface area contributed by atoms with Crippen LogP contribution >= 0.6 is 35.0 Å². The molecule has 1 saturated heterocycles. The van der Waals surface area contributed by atoms with Gasteiger partial charge in [-0.05, 0) is 109 Å². The number of thioether (sulfide) groups is 1. The Morgan fingerprint density at radius 3 is 2.34 bits per heavy atom. The van der Waals surface area contributed by atoms with Crippen LogP contribution in [-0.2, 0) is 16.1 Å². The number of halogens is 2. The number of nitrogens with zero attached hydrogens (tertiary/aromatic N) is 2. The van der Waals surface area contributed by atoms with Crippen molar-refractivity contribution in [1.82, 2.24) is 4.90 Å². The van der Waals surface area contributed by atoms with Gasteiger partial charge in [0.05, 0.1) is 32.8 Å². The molecule has 3 aromatic rings.